The molecule has 1 unspecified atom stereocenters. The molecule has 0 saturated heterocycles. The molecule has 0 aromatic carbocycles. The van der Waals surface area contributed by atoms with Crippen molar-refractivity contribution in [1.29, 1.82) is 0 Å². The van der Waals surface area contributed by atoms with Crippen molar-refractivity contribution in [2.24, 2.45) is 0 Å². The van der Waals surface area contributed by atoms with Gasteiger partial charge < -0.3 is 20.4 Å². The first kappa shape index (κ1) is 15.9. The number of amides is 2. The first-order chi connectivity index (χ1) is 9.36. The van der Waals surface area contributed by atoms with Crippen LogP contribution in [0.2, 0.25) is 0 Å². The Morgan fingerprint density at radius 2 is 2.15 bits per heavy atom. The lowest BCUT2D eigenvalue weighted by Crippen LogP contribution is -2.50. The summed E-state index contributed by atoms with van der Waals surface area (Å²) in [5.41, 5.74) is -1.26. The van der Waals surface area contributed by atoms with E-state index < -0.39 is 17.6 Å². The van der Waals surface area contributed by atoms with Crippen LogP contribution in [0.3, 0.4) is 0 Å². The van der Waals surface area contributed by atoms with Gasteiger partial charge in [0.15, 0.2) is 5.60 Å². The predicted octanol–water partition coefficient (Wildman–Crippen LogP) is 0.449. The molecule has 1 atom stereocenters. The normalized spacial score (nSPS) is 13.3. The molecule has 1 aromatic heterocycles. The molecule has 0 aliphatic rings. The largest absolute Gasteiger partial charge is 0.479 e. The van der Waals surface area contributed by atoms with Crippen LogP contribution in [0.25, 0.3) is 0 Å². The third-order valence-electron chi connectivity index (χ3n) is 2.79. The van der Waals surface area contributed by atoms with E-state index in [1.807, 2.05) is 6.07 Å². The third-order valence-corrected chi connectivity index (χ3v) is 2.79. The summed E-state index contributed by atoms with van der Waals surface area (Å²) in [6, 6.07) is 4.95. The number of carboxylic acids is 1. The van der Waals surface area contributed by atoms with Gasteiger partial charge in [0.2, 0.25) is 0 Å². The average Bonchev–Trinajstić information content (AvgIpc) is 2.43. The maximum atomic E-state index is 11.9. The number of carbonyl (C=O) groups is 2. The van der Waals surface area contributed by atoms with E-state index in [0.29, 0.717) is 13.1 Å². The molecule has 0 spiro atoms. The van der Waals surface area contributed by atoms with Crippen molar-refractivity contribution in [3.63, 3.8) is 0 Å². The van der Waals surface area contributed by atoms with E-state index in [0.717, 1.165) is 12.6 Å². The molecule has 1 rings (SSSR count). The maximum Gasteiger partial charge on any atom is 0.337 e. The molecule has 0 radical (unpaired) electrons. The summed E-state index contributed by atoms with van der Waals surface area (Å²) in [6.45, 7) is 3.33. The lowest BCUT2D eigenvalue weighted by molar-refractivity contribution is -0.155. The van der Waals surface area contributed by atoms with E-state index in [1.165, 1.54) is 4.90 Å². The minimum absolute atomic E-state index is 0.318. The predicted molar refractivity (Wildman–Crippen MR) is 72.0 cm³/mol. The van der Waals surface area contributed by atoms with E-state index in [4.69, 9.17) is 5.11 Å². The number of hydrogen-bond donors (Lipinski definition) is 3. The highest BCUT2D eigenvalue weighted by Gasteiger charge is 2.30. The van der Waals surface area contributed by atoms with Crippen molar-refractivity contribution in [3.05, 3.63) is 30.1 Å². The number of rotatable bonds is 6. The van der Waals surface area contributed by atoms with E-state index in [9.17, 15) is 14.7 Å². The molecule has 0 aliphatic heterocycles. The van der Waals surface area contributed by atoms with E-state index in [2.05, 4.69) is 10.3 Å². The van der Waals surface area contributed by atoms with Crippen molar-refractivity contribution in [2.75, 3.05) is 13.1 Å². The van der Waals surface area contributed by atoms with Crippen LogP contribution in [0.5, 0.6) is 0 Å². The highest BCUT2D eigenvalue weighted by molar-refractivity contribution is 5.79. The fourth-order valence-electron chi connectivity index (χ4n) is 1.45. The first-order valence-electron chi connectivity index (χ1n) is 6.25. The molecular weight excluding hydrogens is 262 g/mol. The Labute approximate surface area is 117 Å². The summed E-state index contributed by atoms with van der Waals surface area (Å²) in [5.74, 6) is -1.38. The van der Waals surface area contributed by atoms with Crippen LogP contribution >= 0.6 is 0 Å². The zero-order chi connectivity index (χ0) is 15.2. The summed E-state index contributed by atoms with van der Waals surface area (Å²) >= 11 is 0. The van der Waals surface area contributed by atoms with Crippen LogP contribution in [0.15, 0.2) is 24.4 Å². The van der Waals surface area contributed by atoms with Gasteiger partial charge in [-0.25, -0.2) is 9.59 Å². The molecule has 1 aromatic rings. The van der Waals surface area contributed by atoms with Gasteiger partial charge in [0.1, 0.15) is 0 Å². The molecule has 0 saturated carbocycles. The third kappa shape index (κ3) is 4.51. The van der Waals surface area contributed by atoms with Gasteiger partial charge >= 0.3 is 12.0 Å². The van der Waals surface area contributed by atoms with Crippen LogP contribution in [0, 0.1) is 0 Å². The lowest BCUT2D eigenvalue weighted by Gasteiger charge is -2.24. The van der Waals surface area contributed by atoms with Crippen LogP contribution in [-0.4, -0.2) is 50.8 Å². The van der Waals surface area contributed by atoms with Crippen LogP contribution in [0.1, 0.15) is 19.5 Å². The second-order valence-corrected chi connectivity index (χ2v) is 4.57. The smallest absolute Gasteiger partial charge is 0.337 e. The van der Waals surface area contributed by atoms with Crippen molar-refractivity contribution >= 4 is 12.0 Å². The van der Waals surface area contributed by atoms with Gasteiger partial charge in [0, 0.05) is 12.7 Å². The Morgan fingerprint density at radius 1 is 1.45 bits per heavy atom. The molecule has 2 amide bonds. The number of carboxylic acid groups (broad SMARTS) is 1. The summed E-state index contributed by atoms with van der Waals surface area (Å²) < 4.78 is 0. The lowest BCUT2D eigenvalue weighted by atomic mass is 10.1. The number of aromatic nitrogens is 1. The summed E-state index contributed by atoms with van der Waals surface area (Å²) in [5, 5.41) is 20.7. The van der Waals surface area contributed by atoms with Gasteiger partial charge in [-0.3, -0.25) is 4.98 Å². The molecule has 20 heavy (non-hydrogen) atoms. The number of aliphatic carboxylic acids is 1. The quantitative estimate of drug-likeness (QED) is 0.702. The fraction of sp³-hybridized carbons (Fsp3) is 0.462. The number of pyridine rings is 1. The zero-order valence-electron chi connectivity index (χ0n) is 11.5. The Bertz CT molecular complexity index is 462. The SMILES string of the molecule is CCN(Cc1ccccn1)C(=O)NCC(C)(O)C(=O)O. The van der Waals surface area contributed by atoms with Crippen LogP contribution < -0.4 is 5.32 Å². The second kappa shape index (κ2) is 6.85. The van der Waals surface area contributed by atoms with Gasteiger partial charge in [-0.2, -0.15) is 0 Å². The summed E-state index contributed by atoms with van der Waals surface area (Å²) in [6.07, 6.45) is 1.64. The fourth-order valence-corrected chi connectivity index (χ4v) is 1.45. The minimum atomic E-state index is -1.99. The van der Waals surface area contributed by atoms with Gasteiger partial charge in [0.05, 0.1) is 18.8 Å². The van der Waals surface area contributed by atoms with E-state index in [-0.39, 0.29) is 6.54 Å². The first-order valence-corrected chi connectivity index (χ1v) is 6.25. The van der Waals surface area contributed by atoms with E-state index >= 15 is 0 Å². The van der Waals surface area contributed by atoms with Crippen molar-refractivity contribution in [3.8, 4) is 0 Å². The van der Waals surface area contributed by atoms with Gasteiger partial charge in [-0.05, 0) is 26.0 Å². The molecular formula is C13H19N3O4. The molecule has 3 N–H and O–H groups in total. The summed E-state index contributed by atoms with van der Waals surface area (Å²) in [4.78, 5) is 28.3. The number of nitrogens with zero attached hydrogens (tertiary/aromatic N) is 2. The topological polar surface area (TPSA) is 103 Å². The summed E-state index contributed by atoms with van der Waals surface area (Å²) in [7, 11) is 0. The Kier molecular flexibility index (Phi) is 5.45. The van der Waals surface area contributed by atoms with E-state index in [1.54, 1.807) is 25.3 Å². The zero-order valence-corrected chi connectivity index (χ0v) is 11.5. The number of carbonyl (C=O) groups excluding carboxylic acids is 1. The number of aliphatic hydroxyl groups is 1. The molecule has 0 fully saturated rings. The van der Waals surface area contributed by atoms with Gasteiger partial charge in [0.25, 0.3) is 0 Å². The highest BCUT2D eigenvalue weighted by Crippen LogP contribution is 2.04. The maximum absolute atomic E-state index is 11.9. The van der Waals surface area contributed by atoms with Crippen molar-refractivity contribution < 1.29 is 19.8 Å². The average molecular weight is 281 g/mol. The standard InChI is InChI=1S/C13H19N3O4/c1-3-16(8-10-6-4-5-7-14-10)12(19)15-9-13(2,20)11(17)18/h4-7,20H,3,8-9H2,1-2H3,(H,15,19)(H,17,18). The van der Waals surface area contributed by atoms with Crippen LogP contribution in [0.4, 0.5) is 4.79 Å². The number of hydrogen-bond acceptors (Lipinski definition) is 4. The number of nitrogens with one attached hydrogen (secondary N) is 1. The Hall–Kier alpha value is -2.15. The highest BCUT2D eigenvalue weighted by atomic mass is 16.4. The van der Waals surface area contributed by atoms with Crippen LogP contribution in [-0.2, 0) is 11.3 Å². The molecule has 1 heterocycles. The molecule has 110 valence electrons. The Morgan fingerprint density at radius 3 is 2.65 bits per heavy atom. The molecule has 0 aliphatic carbocycles. The second-order valence-electron chi connectivity index (χ2n) is 4.57. The van der Waals surface area contributed by atoms with Crippen molar-refractivity contribution in [1.82, 2.24) is 15.2 Å². The number of urea groups is 1. The van der Waals surface area contributed by atoms with Gasteiger partial charge in [-0.15, -0.1) is 0 Å². The van der Waals surface area contributed by atoms with Gasteiger partial charge in [-0.1, -0.05) is 6.07 Å². The van der Waals surface area contributed by atoms with Crippen molar-refractivity contribution in [2.45, 2.75) is 26.0 Å². The molecule has 7 nitrogen and oxygen atoms in total. The minimum Gasteiger partial charge on any atom is -0.479 e. The molecule has 7 heteroatoms. The molecule has 0 bridgehead atoms. The Balaban J connectivity index is 2.58. The monoisotopic (exact) mass is 281 g/mol.